The first kappa shape index (κ1) is 13.5. The lowest BCUT2D eigenvalue weighted by atomic mass is 10.1. The lowest BCUT2D eigenvalue weighted by Gasteiger charge is -2.11. The summed E-state index contributed by atoms with van der Waals surface area (Å²) in [5.74, 6) is 0.832. The Bertz CT molecular complexity index is 358. The highest BCUT2D eigenvalue weighted by Gasteiger charge is 2.04. The summed E-state index contributed by atoms with van der Waals surface area (Å²) >= 11 is 0. The predicted octanol–water partition coefficient (Wildman–Crippen LogP) is 1.56. The summed E-state index contributed by atoms with van der Waals surface area (Å²) in [5.41, 5.74) is 6.82. The molecule has 0 radical (unpaired) electrons. The fourth-order valence-electron chi connectivity index (χ4n) is 1.35. The minimum absolute atomic E-state index is 0.0272. The van der Waals surface area contributed by atoms with Crippen molar-refractivity contribution in [2.24, 2.45) is 5.73 Å². The lowest BCUT2D eigenvalue weighted by Crippen LogP contribution is -2.23. The van der Waals surface area contributed by atoms with Crippen molar-refractivity contribution >= 4 is 5.91 Å². The Kier molecular flexibility index (Phi) is 4.97. The van der Waals surface area contributed by atoms with Gasteiger partial charge in [-0.25, -0.2) is 0 Å². The normalized spacial score (nSPS) is 12.0. The van der Waals surface area contributed by atoms with Crippen LogP contribution in [0, 0.1) is 0 Å². The Morgan fingerprint density at radius 1 is 1.35 bits per heavy atom. The van der Waals surface area contributed by atoms with Crippen molar-refractivity contribution in [3.8, 4) is 5.75 Å². The van der Waals surface area contributed by atoms with Crippen LogP contribution in [-0.4, -0.2) is 31.5 Å². The van der Waals surface area contributed by atoms with Crippen LogP contribution >= 0.6 is 0 Å². The van der Waals surface area contributed by atoms with Crippen LogP contribution in [0.25, 0.3) is 0 Å². The van der Waals surface area contributed by atoms with Crippen molar-refractivity contribution in [1.82, 2.24) is 4.90 Å². The molecule has 0 saturated carbocycles. The Labute approximate surface area is 102 Å². The molecule has 4 heteroatoms. The van der Waals surface area contributed by atoms with E-state index in [1.165, 1.54) is 0 Å². The molecule has 0 aromatic heterocycles. The molecule has 0 aliphatic rings. The third kappa shape index (κ3) is 4.44. The Hall–Kier alpha value is -1.55. The molecule has 1 atom stereocenters. The first-order valence-electron chi connectivity index (χ1n) is 5.69. The number of amides is 1. The van der Waals surface area contributed by atoms with Crippen LogP contribution in [0.5, 0.6) is 5.75 Å². The summed E-state index contributed by atoms with van der Waals surface area (Å²) in [7, 11) is 3.47. The van der Waals surface area contributed by atoms with Gasteiger partial charge in [0.2, 0.25) is 5.91 Å². The van der Waals surface area contributed by atoms with E-state index in [2.05, 4.69) is 0 Å². The summed E-state index contributed by atoms with van der Waals surface area (Å²) in [6.45, 7) is 2.33. The Balaban J connectivity index is 2.40. The molecule has 1 aromatic carbocycles. The van der Waals surface area contributed by atoms with E-state index in [0.29, 0.717) is 13.0 Å². The van der Waals surface area contributed by atoms with E-state index >= 15 is 0 Å². The van der Waals surface area contributed by atoms with E-state index in [9.17, 15) is 4.79 Å². The zero-order valence-corrected chi connectivity index (χ0v) is 10.6. The molecule has 1 rings (SSSR count). The number of hydrogen-bond donors (Lipinski definition) is 1. The highest BCUT2D eigenvalue weighted by atomic mass is 16.5. The van der Waals surface area contributed by atoms with Gasteiger partial charge in [0.1, 0.15) is 5.75 Å². The third-order valence-electron chi connectivity index (χ3n) is 2.49. The number of carbonyl (C=O) groups excluding carboxylic acids is 1. The van der Waals surface area contributed by atoms with Gasteiger partial charge < -0.3 is 15.4 Å². The highest BCUT2D eigenvalue weighted by Crippen LogP contribution is 2.16. The summed E-state index contributed by atoms with van der Waals surface area (Å²) < 4.78 is 5.47. The van der Waals surface area contributed by atoms with Gasteiger partial charge in [-0.15, -0.1) is 0 Å². The molecule has 1 unspecified atom stereocenters. The maximum atomic E-state index is 11.3. The number of hydrogen-bond acceptors (Lipinski definition) is 3. The van der Waals surface area contributed by atoms with Crippen molar-refractivity contribution in [2.45, 2.75) is 19.4 Å². The maximum absolute atomic E-state index is 11.3. The van der Waals surface area contributed by atoms with Gasteiger partial charge in [-0.3, -0.25) is 4.79 Å². The monoisotopic (exact) mass is 236 g/mol. The van der Waals surface area contributed by atoms with E-state index in [0.717, 1.165) is 11.3 Å². The first-order chi connectivity index (χ1) is 8.00. The van der Waals surface area contributed by atoms with Crippen LogP contribution in [0.2, 0.25) is 0 Å². The molecule has 0 bridgehead atoms. The molecule has 0 aliphatic carbocycles. The van der Waals surface area contributed by atoms with Gasteiger partial charge in [0.25, 0.3) is 0 Å². The largest absolute Gasteiger partial charge is 0.493 e. The second kappa shape index (κ2) is 6.25. The number of nitrogens with zero attached hydrogens (tertiary/aromatic N) is 1. The molecule has 4 nitrogen and oxygen atoms in total. The second-order valence-corrected chi connectivity index (χ2v) is 4.24. The Morgan fingerprint density at radius 2 is 1.94 bits per heavy atom. The van der Waals surface area contributed by atoms with Crippen LogP contribution in [0.15, 0.2) is 24.3 Å². The van der Waals surface area contributed by atoms with Crippen LogP contribution in [-0.2, 0) is 4.79 Å². The fraction of sp³-hybridized carbons (Fsp3) is 0.462. The van der Waals surface area contributed by atoms with Crippen LogP contribution < -0.4 is 10.5 Å². The fourth-order valence-corrected chi connectivity index (χ4v) is 1.35. The molecular weight excluding hydrogens is 216 g/mol. The van der Waals surface area contributed by atoms with Gasteiger partial charge in [-0.05, 0) is 24.6 Å². The van der Waals surface area contributed by atoms with Gasteiger partial charge >= 0.3 is 0 Å². The van der Waals surface area contributed by atoms with Gasteiger partial charge in [-0.1, -0.05) is 12.1 Å². The number of benzene rings is 1. The van der Waals surface area contributed by atoms with Gasteiger partial charge in [0.15, 0.2) is 0 Å². The average molecular weight is 236 g/mol. The van der Waals surface area contributed by atoms with Gasteiger partial charge in [0, 0.05) is 20.1 Å². The lowest BCUT2D eigenvalue weighted by molar-refractivity contribution is -0.129. The first-order valence-corrected chi connectivity index (χ1v) is 5.69. The molecule has 17 heavy (non-hydrogen) atoms. The SMILES string of the molecule is CC(N)c1ccc(OCCC(=O)N(C)C)cc1. The average Bonchev–Trinajstić information content (AvgIpc) is 2.29. The molecular formula is C13H20N2O2. The minimum atomic E-state index is 0.0272. The van der Waals surface area contributed by atoms with Crippen molar-refractivity contribution in [1.29, 1.82) is 0 Å². The molecule has 0 fully saturated rings. The number of nitrogens with two attached hydrogens (primary N) is 1. The van der Waals surface area contributed by atoms with E-state index < -0.39 is 0 Å². The standard InChI is InChI=1S/C13H20N2O2/c1-10(14)11-4-6-12(7-5-11)17-9-8-13(16)15(2)3/h4-7,10H,8-9,14H2,1-3H3. The topological polar surface area (TPSA) is 55.6 Å². The van der Waals surface area contributed by atoms with Crippen molar-refractivity contribution < 1.29 is 9.53 Å². The van der Waals surface area contributed by atoms with E-state index in [-0.39, 0.29) is 11.9 Å². The number of ether oxygens (including phenoxy) is 1. The van der Waals surface area contributed by atoms with Crippen LogP contribution in [0.3, 0.4) is 0 Å². The third-order valence-corrected chi connectivity index (χ3v) is 2.49. The summed E-state index contributed by atoms with van der Waals surface area (Å²) in [6, 6.07) is 7.65. The Morgan fingerprint density at radius 3 is 2.41 bits per heavy atom. The van der Waals surface area contributed by atoms with Gasteiger partial charge in [0.05, 0.1) is 13.0 Å². The van der Waals surface area contributed by atoms with Gasteiger partial charge in [-0.2, -0.15) is 0 Å². The summed E-state index contributed by atoms with van der Waals surface area (Å²) in [6.07, 6.45) is 0.391. The second-order valence-electron chi connectivity index (χ2n) is 4.24. The van der Waals surface area contributed by atoms with Crippen molar-refractivity contribution in [2.75, 3.05) is 20.7 Å². The number of rotatable bonds is 5. The molecule has 94 valence electrons. The molecule has 0 aliphatic heterocycles. The number of carbonyl (C=O) groups is 1. The van der Waals surface area contributed by atoms with Crippen molar-refractivity contribution in [3.05, 3.63) is 29.8 Å². The molecule has 2 N–H and O–H groups in total. The van der Waals surface area contributed by atoms with Crippen LogP contribution in [0.4, 0.5) is 0 Å². The van der Waals surface area contributed by atoms with E-state index in [4.69, 9.17) is 10.5 Å². The quantitative estimate of drug-likeness (QED) is 0.844. The van der Waals surface area contributed by atoms with Crippen molar-refractivity contribution in [3.63, 3.8) is 0 Å². The van der Waals surface area contributed by atoms with E-state index in [1.54, 1.807) is 19.0 Å². The predicted molar refractivity (Wildman–Crippen MR) is 67.9 cm³/mol. The highest BCUT2D eigenvalue weighted by molar-refractivity contribution is 5.75. The summed E-state index contributed by atoms with van der Waals surface area (Å²) in [4.78, 5) is 12.9. The summed E-state index contributed by atoms with van der Waals surface area (Å²) in [5, 5.41) is 0. The maximum Gasteiger partial charge on any atom is 0.225 e. The zero-order chi connectivity index (χ0) is 12.8. The van der Waals surface area contributed by atoms with Crippen LogP contribution in [0.1, 0.15) is 24.9 Å². The molecule has 1 amide bonds. The van der Waals surface area contributed by atoms with E-state index in [1.807, 2.05) is 31.2 Å². The smallest absolute Gasteiger partial charge is 0.225 e. The zero-order valence-electron chi connectivity index (χ0n) is 10.6. The minimum Gasteiger partial charge on any atom is -0.493 e. The molecule has 0 saturated heterocycles. The molecule has 0 heterocycles. The molecule has 1 aromatic rings. The molecule has 0 spiro atoms.